The topological polar surface area (TPSA) is 28.4 Å². The van der Waals surface area contributed by atoms with Crippen LogP contribution in [-0.2, 0) is 19.4 Å². The van der Waals surface area contributed by atoms with E-state index >= 15 is 0 Å². The molecule has 3 nitrogen and oxygen atoms in total. The fourth-order valence-corrected chi connectivity index (χ4v) is 4.65. The minimum atomic E-state index is -0.400. The molecule has 0 saturated carbocycles. The molecule has 1 aromatic heterocycles. The minimum Gasteiger partial charge on any atom is -0.390 e. The second kappa shape index (κ2) is 7.69. The number of aromatic nitrogens is 1. The maximum Gasteiger partial charge on any atom is 0.0846 e. The summed E-state index contributed by atoms with van der Waals surface area (Å²) in [5.41, 5.74) is 3.94. The van der Waals surface area contributed by atoms with E-state index < -0.39 is 6.10 Å². The number of aliphatic hydroxyl groups excluding tert-OH is 1. The van der Waals surface area contributed by atoms with Gasteiger partial charge in [-0.1, -0.05) is 23.7 Å². The van der Waals surface area contributed by atoms with Crippen molar-refractivity contribution in [2.24, 2.45) is 0 Å². The molecule has 1 aliphatic carbocycles. The summed E-state index contributed by atoms with van der Waals surface area (Å²) in [5.74, 6) is 0. The van der Waals surface area contributed by atoms with Gasteiger partial charge in [0.2, 0.25) is 0 Å². The largest absolute Gasteiger partial charge is 0.390 e. The van der Waals surface area contributed by atoms with Gasteiger partial charge in [0, 0.05) is 29.7 Å². The minimum absolute atomic E-state index is 0.400. The van der Waals surface area contributed by atoms with E-state index in [1.54, 1.807) is 0 Å². The molecular formula is C21H31ClN2O. The zero-order valence-electron chi connectivity index (χ0n) is 15.9. The van der Waals surface area contributed by atoms with Crippen LogP contribution < -0.4 is 0 Å². The van der Waals surface area contributed by atoms with E-state index in [2.05, 4.69) is 43.2 Å². The molecule has 1 aromatic carbocycles. The molecule has 4 heteroatoms. The molecule has 25 heavy (non-hydrogen) atoms. The van der Waals surface area contributed by atoms with Crippen LogP contribution in [0.2, 0.25) is 5.02 Å². The third kappa shape index (κ3) is 3.74. The van der Waals surface area contributed by atoms with Crippen molar-refractivity contribution in [2.45, 2.75) is 78.1 Å². The van der Waals surface area contributed by atoms with Gasteiger partial charge in [-0.05, 0) is 65.0 Å². The number of rotatable bonds is 6. The van der Waals surface area contributed by atoms with Crippen molar-refractivity contribution in [3.8, 4) is 0 Å². The van der Waals surface area contributed by atoms with Crippen molar-refractivity contribution in [1.29, 1.82) is 0 Å². The zero-order valence-corrected chi connectivity index (χ0v) is 16.7. The fraction of sp³-hybridized carbons (Fsp3) is 0.619. The highest BCUT2D eigenvalue weighted by molar-refractivity contribution is 6.35. The van der Waals surface area contributed by atoms with Gasteiger partial charge in [-0.2, -0.15) is 0 Å². The molecule has 0 spiro atoms. The van der Waals surface area contributed by atoms with Gasteiger partial charge < -0.3 is 9.67 Å². The Morgan fingerprint density at radius 3 is 2.48 bits per heavy atom. The lowest BCUT2D eigenvalue weighted by Crippen LogP contribution is -2.43. The molecule has 1 unspecified atom stereocenters. The molecule has 0 bridgehead atoms. The Labute approximate surface area is 156 Å². The van der Waals surface area contributed by atoms with Crippen LogP contribution in [-0.4, -0.2) is 39.3 Å². The van der Waals surface area contributed by atoms with E-state index in [0.29, 0.717) is 25.2 Å². The highest BCUT2D eigenvalue weighted by Crippen LogP contribution is 2.35. The Morgan fingerprint density at radius 2 is 1.80 bits per heavy atom. The second-order valence-corrected chi connectivity index (χ2v) is 8.32. The summed E-state index contributed by atoms with van der Waals surface area (Å²) in [6, 6.07) is 7.04. The van der Waals surface area contributed by atoms with Gasteiger partial charge in [-0.15, -0.1) is 0 Å². The van der Waals surface area contributed by atoms with Crippen molar-refractivity contribution in [2.75, 3.05) is 6.54 Å². The summed E-state index contributed by atoms with van der Waals surface area (Å²) >= 11 is 6.56. The molecule has 1 N–H and O–H groups in total. The van der Waals surface area contributed by atoms with E-state index in [1.807, 2.05) is 12.1 Å². The molecule has 0 saturated heterocycles. The SMILES string of the molecule is CC(C)N(CC(O)Cn1c2c(c3cccc(Cl)c31)CCCC2)C(C)C. The highest BCUT2D eigenvalue weighted by Gasteiger charge is 2.24. The number of benzene rings is 1. The lowest BCUT2D eigenvalue weighted by atomic mass is 9.95. The number of aryl methyl sites for hydroxylation is 1. The van der Waals surface area contributed by atoms with E-state index in [-0.39, 0.29) is 0 Å². The maximum atomic E-state index is 10.8. The van der Waals surface area contributed by atoms with E-state index in [9.17, 15) is 5.11 Å². The Kier molecular flexibility index (Phi) is 5.77. The lowest BCUT2D eigenvalue weighted by Gasteiger charge is -2.32. The van der Waals surface area contributed by atoms with Crippen molar-refractivity contribution in [1.82, 2.24) is 9.47 Å². The Balaban J connectivity index is 1.93. The first-order valence-electron chi connectivity index (χ1n) is 9.62. The van der Waals surface area contributed by atoms with Crippen molar-refractivity contribution < 1.29 is 5.11 Å². The quantitative estimate of drug-likeness (QED) is 0.809. The molecule has 0 radical (unpaired) electrons. The number of para-hydroxylation sites is 1. The molecule has 1 atom stereocenters. The molecule has 1 heterocycles. The fourth-order valence-electron chi connectivity index (χ4n) is 4.38. The van der Waals surface area contributed by atoms with Gasteiger partial charge in [0.1, 0.15) is 0 Å². The Morgan fingerprint density at radius 1 is 1.12 bits per heavy atom. The first kappa shape index (κ1) is 18.8. The predicted molar refractivity (Wildman–Crippen MR) is 107 cm³/mol. The summed E-state index contributed by atoms with van der Waals surface area (Å²) in [6.45, 7) is 10.1. The van der Waals surface area contributed by atoms with E-state index in [0.717, 1.165) is 23.4 Å². The van der Waals surface area contributed by atoms with E-state index in [4.69, 9.17) is 11.6 Å². The van der Waals surface area contributed by atoms with Crippen molar-refractivity contribution in [3.05, 3.63) is 34.5 Å². The van der Waals surface area contributed by atoms with Crippen LogP contribution >= 0.6 is 11.6 Å². The summed E-state index contributed by atoms with van der Waals surface area (Å²) in [6.07, 6.45) is 4.28. The Hall–Kier alpha value is -1.03. The van der Waals surface area contributed by atoms with Crippen LogP contribution in [0.25, 0.3) is 10.9 Å². The molecule has 0 fully saturated rings. The molecule has 3 rings (SSSR count). The van der Waals surface area contributed by atoms with Gasteiger partial charge in [0.25, 0.3) is 0 Å². The molecule has 138 valence electrons. The standard InChI is InChI=1S/C21H31ClN2O/c1-14(2)23(15(3)4)12-16(25)13-24-20-11-6-5-8-17(20)18-9-7-10-19(22)21(18)24/h7,9-10,14-16,25H,5-6,8,11-13H2,1-4H3. The van der Waals surface area contributed by atoms with Crippen LogP contribution in [0.4, 0.5) is 0 Å². The van der Waals surface area contributed by atoms with Gasteiger partial charge in [-0.3, -0.25) is 4.90 Å². The molecule has 0 aliphatic heterocycles. The Bertz CT molecular complexity index is 727. The molecular weight excluding hydrogens is 332 g/mol. The number of halogens is 1. The average Bonchev–Trinajstić information content (AvgIpc) is 2.88. The smallest absolute Gasteiger partial charge is 0.0846 e. The van der Waals surface area contributed by atoms with Crippen molar-refractivity contribution in [3.63, 3.8) is 0 Å². The number of fused-ring (bicyclic) bond motifs is 3. The average molecular weight is 363 g/mol. The third-order valence-corrected chi connectivity index (χ3v) is 5.79. The first-order chi connectivity index (χ1) is 11.9. The van der Waals surface area contributed by atoms with E-state index in [1.165, 1.54) is 29.5 Å². The molecule has 2 aromatic rings. The first-order valence-corrected chi connectivity index (χ1v) is 10.00. The van der Waals surface area contributed by atoms with Crippen LogP contribution in [0.3, 0.4) is 0 Å². The molecule has 1 aliphatic rings. The summed E-state index contributed by atoms with van der Waals surface area (Å²) in [4.78, 5) is 2.35. The number of hydrogen-bond acceptors (Lipinski definition) is 2. The zero-order chi connectivity index (χ0) is 18.1. The lowest BCUT2D eigenvalue weighted by molar-refractivity contribution is 0.0657. The van der Waals surface area contributed by atoms with Crippen LogP contribution in [0.5, 0.6) is 0 Å². The van der Waals surface area contributed by atoms with Gasteiger partial charge >= 0.3 is 0 Å². The van der Waals surface area contributed by atoms with Crippen LogP contribution in [0.1, 0.15) is 51.8 Å². The summed E-state index contributed by atoms with van der Waals surface area (Å²) < 4.78 is 2.30. The van der Waals surface area contributed by atoms with Gasteiger partial charge in [-0.25, -0.2) is 0 Å². The number of aliphatic hydroxyl groups is 1. The second-order valence-electron chi connectivity index (χ2n) is 7.92. The molecule has 0 amide bonds. The highest BCUT2D eigenvalue weighted by atomic mass is 35.5. The van der Waals surface area contributed by atoms with Gasteiger partial charge in [0.05, 0.1) is 23.2 Å². The van der Waals surface area contributed by atoms with Gasteiger partial charge in [0.15, 0.2) is 0 Å². The normalized spacial score (nSPS) is 16.2. The summed E-state index contributed by atoms with van der Waals surface area (Å²) in [7, 11) is 0. The van der Waals surface area contributed by atoms with Crippen LogP contribution in [0.15, 0.2) is 18.2 Å². The van der Waals surface area contributed by atoms with Crippen molar-refractivity contribution >= 4 is 22.5 Å². The monoisotopic (exact) mass is 362 g/mol. The third-order valence-electron chi connectivity index (χ3n) is 5.49. The maximum absolute atomic E-state index is 10.8. The predicted octanol–water partition coefficient (Wildman–Crippen LogP) is 4.65. The number of nitrogens with zero attached hydrogens (tertiary/aromatic N) is 2. The van der Waals surface area contributed by atoms with Crippen LogP contribution in [0, 0.1) is 0 Å². The summed E-state index contributed by atoms with van der Waals surface area (Å²) in [5, 5.41) is 12.9. The number of hydrogen-bond donors (Lipinski definition) is 1.